The van der Waals surface area contributed by atoms with Gasteiger partial charge in [0.2, 0.25) is 0 Å². The number of aliphatic hydroxyl groups excluding tert-OH is 1. The van der Waals surface area contributed by atoms with E-state index in [1.165, 1.54) is 25.7 Å². The number of hydrogen-bond acceptors (Lipinski definition) is 3. The molecule has 1 rings (SSSR count). The van der Waals surface area contributed by atoms with E-state index < -0.39 is 0 Å². The maximum atomic E-state index is 9.42. The van der Waals surface area contributed by atoms with Gasteiger partial charge < -0.3 is 15.2 Å². The molecule has 18 heavy (non-hydrogen) atoms. The molecule has 0 aromatic rings. The molecule has 0 aliphatic heterocycles. The van der Waals surface area contributed by atoms with E-state index in [1.54, 1.807) is 0 Å². The van der Waals surface area contributed by atoms with Gasteiger partial charge in [0.1, 0.15) is 0 Å². The summed E-state index contributed by atoms with van der Waals surface area (Å²) in [6.45, 7) is 7.17. The third-order valence-corrected chi connectivity index (χ3v) is 4.06. The lowest BCUT2D eigenvalue weighted by Gasteiger charge is -2.29. The molecule has 1 aliphatic carbocycles. The highest BCUT2D eigenvalue weighted by molar-refractivity contribution is 4.81. The zero-order chi connectivity index (χ0) is 13.3. The van der Waals surface area contributed by atoms with Crippen molar-refractivity contribution in [3.63, 3.8) is 0 Å². The number of aliphatic hydroxyl groups is 1. The number of ether oxygens (including phenoxy) is 1. The van der Waals surface area contributed by atoms with E-state index in [9.17, 15) is 5.11 Å². The Bertz CT molecular complexity index is 207. The zero-order valence-corrected chi connectivity index (χ0v) is 12.2. The maximum Gasteiger partial charge on any atom is 0.0610 e. The largest absolute Gasteiger partial charge is 0.394 e. The first-order valence-electron chi connectivity index (χ1n) is 7.64. The standard InChI is InChI=1S/C15H31NO2/c1-3-10-16-15(2,13-17)9-5-11-18-12-8-14-6-4-7-14/h14,16-17H,3-13H2,1-2H3. The zero-order valence-electron chi connectivity index (χ0n) is 12.2. The maximum absolute atomic E-state index is 9.42. The molecule has 0 bridgehead atoms. The van der Waals surface area contributed by atoms with Crippen LogP contribution in [0.2, 0.25) is 0 Å². The van der Waals surface area contributed by atoms with E-state index in [-0.39, 0.29) is 12.1 Å². The quantitative estimate of drug-likeness (QED) is 0.559. The fourth-order valence-corrected chi connectivity index (χ4v) is 2.35. The van der Waals surface area contributed by atoms with Gasteiger partial charge in [-0.05, 0) is 45.1 Å². The van der Waals surface area contributed by atoms with Crippen LogP contribution in [-0.4, -0.2) is 37.0 Å². The third kappa shape index (κ3) is 6.17. The fourth-order valence-electron chi connectivity index (χ4n) is 2.35. The molecular formula is C15H31NO2. The molecule has 0 radical (unpaired) electrons. The van der Waals surface area contributed by atoms with Gasteiger partial charge in [-0.2, -0.15) is 0 Å². The minimum absolute atomic E-state index is 0.132. The third-order valence-electron chi connectivity index (χ3n) is 4.06. The molecule has 3 heteroatoms. The van der Waals surface area contributed by atoms with E-state index in [1.807, 2.05) is 0 Å². The van der Waals surface area contributed by atoms with E-state index in [2.05, 4.69) is 19.2 Å². The Morgan fingerprint density at radius 1 is 1.33 bits per heavy atom. The van der Waals surface area contributed by atoms with Crippen LogP contribution in [0.25, 0.3) is 0 Å². The summed E-state index contributed by atoms with van der Waals surface area (Å²) in [5.74, 6) is 0.943. The van der Waals surface area contributed by atoms with Crippen molar-refractivity contribution in [2.45, 2.75) is 64.3 Å². The molecule has 0 spiro atoms. The molecular weight excluding hydrogens is 226 g/mol. The summed E-state index contributed by atoms with van der Waals surface area (Å²) in [5.41, 5.74) is -0.132. The fraction of sp³-hybridized carbons (Fsp3) is 1.00. The molecule has 0 amide bonds. The van der Waals surface area contributed by atoms with Gasteiger partial charge in [0, 0.05) is 18.8 Å². The summed E-state index contributed by atoms with van der Waals surface area (Å²) < 4.78 is 5.67. The van der Waals surface area contributed by atoms with Gasteiger partial charge in [-0.25, -0.2) is 0 Å². The van der Waals surface area contributed by atoms with Crippen molar-refractivity contribution in [3.8, 4) is 0 Å². The Morgan fingerprint density at radius 3 is 2.67 bits per heavy atom. The molecule has 1 aliphatic rings. The van der Waals surface area contributed by atoms with Crippen LogP contribution in [0.15, 0.2) is 0 Å². The van der Waals surface area contributed by atoms with E-state index in [4.69, 9.17) is 4.74 Å². The second-order valence-corrected chi connectivity index (χ2v) is 5.95. The first kappa shape index (κ1) is 15.9. The molecule has 0 aromatic heterocycles. The molecule has 0 saturated heterocycles. The summed E-state index contributed by atoms with van der Waals surface area (Å²) in [6.07, 6.45) is 8.59. The minimum atomic E-state index is -0.132. The van der Waals surface area contributed by atoms with Crippen molar-refractivity contribution in [1.29, 1.82) is 0 Å². The molecule has 0 heterocycles. The van der Waals surface area contributed by atoms with Crippen molar-refractivity contribution in [2.24, 2.45) is 5.92 Å². The van der Waals surface area contributed by atoms with E-state index in [0.29, 0.717) is 0 Å². The van der Waals surface area contributed by atoms with Crippen LogP contribution in [0.4, 0.5) is 0 Å². The van der Waals surface area contributed by atoms with Crippen LogP contribution in [0.5, 0.6) is 0 Å². The highest BCUT2D eigenvalue weighted by Gasteiger charge is 2.21. The van der Waals surface area contributed by atoms with Crippen molar-refractivity contribution in [3.05, 3.63) is 0 Å². The molecule has 1 unspecified atom stereocenters. The van der Waals surface area contributed by atoms with Gasteiger partial charge in [0.25, 0.3) is 0 Å². The molecule has 1 fully saturated rings. The molecule has 1 saturated carbocycles. The van der Waals surface area contributed by atoms with Crippen LogP contribution in [0.3, 0.4) is 0 Å². The molecule has 1 atom stereocenters. The molecule has 108 valence electrons. The van der Waals surface area contributed by atoms with Gasteiger partial charge in [-0.15, -0.1) is 0 Å². The first-order valence-corrected chi connectivity index (χ1v) is 7.64. The lowest BCUT2D eigenvalue weighted by Crippen LogP contribution is -2.46. The molecule has 2 N–H and O–H groups in total. The van der Waals surface area contributed by atoms with Gasteiger partial charge in [-0.1, -0.05) is 26.2 Å². The topological polar surface area (TPSA) is 41.5 Å². The van der Waals surface area contributed by atoms with Gasteiger partial charge in [-0.3, -0.25) is 0 Å². The van der Waals surface area contributed by atoms with Gasteiger partial charge in [0.05, 0.1) is 6.61 Å². The highest BCUT2D eigenvalue weighted by atomic mass is 16.5. The Labute approximate surface area is 112 Å². The summed E-state index contributed by atoms with van der Waals surface area (Å²) in [4.78, 5) is 0. The number of nitrogens with one attached hydrogen (secondary N) is 1. The average Bonchev–Trinajstić information content (AvgIpc) is 2.33. The summed E-state index contributed by atoms with van der Waals surface area (Å²) >= 11 is 0. The van der Waals surface area contributed by atoms with Crippen LogP contribution < -0.4 is 5.32 Å². The number of hydrogen-bond donors (Lipinski definition) is 2. The van der Waals surface area contributed by atoms with Crippen LogP contribution in [0, 0.1) is 5.92 Å². The smallest absolute Gasteiger partial charge is 0.0610 e. The first-order chi connectivity index (χ1) is 8.70. The van der Waals surface area contributed by atoms with Crippen molar-refractivity contribution >= 4 is 0 Å². The second kappa shape index (κ2) is 8.89. The normalized spacial score (nSPS) is 19.5. The Balaban J connectivity index is 1.96. The van der Waals surface area contributed by atoms with Crippen LogP contribution in [0.1, 0.15) is 58.8 Å². The van der Waals surface area contributed by atoms with Crippen LogP contribution >= 0.6 is 0 Å². The summed E-state index contributed by atoms with van der Waals surface area (Å²) in [5, 5.41) is 12.8. The SMILES string of the molecule is CCCNC(C)(CO)CCCOCCC1CCC1. The van der Waals surface area contributed by atoms with E-state index >= 15 is 0 Å². The molecule has 3 nitrogen and oxygen atoms in total. The summed E-state index contributed by atoms with van der Waals surface area (Å²) in [6, 6.07) is 0. The Kier molecular flexibility index (Phi) is 7.87. The minimum Gasteiger partial charge on any atom is -0.394 e. The Morgan fingerprint density at radius 2 is 2.11 bits per heavy atom. The lowest BCUT2D eigenvalue weighted by molar-refractivity contribution is 0.0916. The number of rotatable bonds is 11. The lowest BCUT2D eigenvalue weighted by atomic mass is 9.83. The second-order valence-electron chi connectivity index (χ2n) is 5.95. The monoisotopic (exact) mass is 257 g/mol. The molecule has 0 aromatic carbocycles. The summed E-state index contributed by atoms with van der Waals surface area (Å²) in [7, 11) is 0. The van der Waals surface area contributed by atoms with Gasteiger partial charge >= 0.3 is 0 Å². The van der Waals surface area contributed by atoms with E-state index in [0.717, 1.165) is 44.9 Å². The Hall–Kier alpha value is -0.120. The predicted molar refractivity (Wildman–Crippen MR) is 75.8 cm³/mol. The van der Waals surface area contributed by atoms with Crippen molar-refractivity contribution in [2.75, 3.05) is 26.4 Å². The highest BCUT2D eigenvalue weighted by Crippen LogP contribution is 2.29. The average molecular weight is 257 g/mol. The van der Waals surface area contributed by atoms with Crippen LogP contribution in [-0.2, 0) is 4.74 Å². The van der Waals surface area contributed by atoms with Crippen molar-refractivity contribution < 1.29 is 9.84 Å². The van der Waals surface area contributed by atoms with Gasteiger partial charge in [0.15, 0.2) is 0 Å². The van der Waals surface area contributed by atoms with Crippen molar-refractivity contribution in [1.82, 2.24) is 5.32 Å². The predicted octanol–water partition coefficient (Wildman–Crippen LogP) is 2.72.